The highest BCUT2D eigenvalue weighted by molar-refractivity contribution is 8.15. The minimum atomic E-state index is 0.222. The fraction of sp³-hybridized carbons (Fsp3) is 0.467. The van der Waals surface area contributed by atoms with E-state index in [1.54, 1.807) is 11.8 Å². The molecule has 5 nitrogen and oxygen atoms in total. The Kier molecular flexibility index (Phi) is 4.77. The second-order valence-electron chi connectivity index (χ2n) is 4.92. The van der Waals surface area contributed by atoms with Crippen molar-refractivity contribution >= 4 is 22.5 Å². The number of rotatable bonds is 3. The van der Waals surface area contributed by atoms with Crippen molar-refractivity contribution in [2.45, 2.75) is 27.7 Å². The maximum Gasteiger partial charge on any atom is 0.165 e. The smallest absolute Gasteiger partial charge is 0.165 e. The first-order chi connectivity index (χ1) is 9.99. The first-order valence-corrected chi connectivity index (χ1v) is 7.71. The van der Waals surface area contributed by atoms with Crippen LogP contribution in [0.2, 0.25) is 0 Å². The Hall–Kier alpha value is -1.69. The molecule has 0 bridgehead atoms. The zero-order chi connectivity index (χ0) is 15.6. The molecule has 114 valence electrons. The fourth-order valence-electron chi connectivity index (χ4n) is 2.28. The molecule has 0 spiro atoms. The number of benzene rings is 1. The zero-order valence-corrected chi connectivity index (χ0v) is 13.8. The zero-order valence-electron chi connectivity index (χ0n) is 13.0. The van der Waals surface area contributed by atoms with Crippen molar-refractivity contribution in [3.8, 4) is 5.75 Å². The second-order valence-corrected chi connectivity index (χ2v) is 6.01. The van der Waals surface area contributed by atoms with Gasteiger partial charge in [0.15, 0.2) is 5.04 Å². The van der Waals surface area contributed by atoms with Crippen LogP contribution in [-0.2, 0) is 9.68 Å². The molecule has 21 heavy (non-hydrogen) atoms. The van der Waals surface area contributed by atoms with Gasteiger partial charge in [-0.25, -0.2) is 0 Å². The summed E-state index contributed by atoms with van der Waals surface area (Å²) in [6.07, 6.45) is 0. The van der Waals surface area contributed by atoms with E-state index >= 15 is 0 Å². The van der Waals surface area contributed by atoms with Gasteiger partial charge in [0.1, 0.15) is 25.2 Å². The van der Waals surface area contributed by atoms with Crippen LogP contribution in [0.3, 0.4) is 0 Å². The van der Waals surface area contributed by atoms with Crippen LogP contribution in [0.4, 0.5) is 0 Å². The van der Waals surface area contributed by atoms with E-state index in [4.69, 9.17) is 9.68 Å². The molecule has 6 heteroatoms. The van der Waals surface area contributed by atoms with Crippen molar-refractivity contribution in [1.82, 2.24) is 0 Å². The molecule has 1 N–H and O–H groups in total. The van der Waals surface area contributed by atoms with E-state index < -0.39 is 0 Å². The van der Waals surface area contributed by atoms with E-state index in [2.05, 4.69) is 10.3 Å². The van der Waals surface area contributed by atoms with Crippen molar-refractivity contribution < 1.29 is 14.8 Å². The quantitative estimate of drug-likeness (QED) is 0.688. The molecule has 0 saturated carbocycles. The van der Waals surface area contributed by atoms with Gasteiger partial charge in [-0.3, -0.25) is 0 Å². The number of aromatic hydroxyl groups is 1. The fourth-order valence-corrected chi connectivity index (χ4v) is 3.02. The van der Waals surface area contributed by atoms with Crippen LogP contribution in [0, 0.1) is 27.7 Å². The summed E-state index contributed by atoms with van der Waals surface area (Å²) >= 11 is 1.54. The van der Waals surface area contributed by atoms with Gasteiger partial charge in [0.05, 0.1) is 5.56 Å². The maximum atomic E-state index is 10.6. The van der Waals surface area contributed by atoms with Gasteiger partial charge in [-0.15, -0.1) is 0 Å². The van der Waals surface area contributed by atoms with Gasteiger partial charge in [-0.1, -0.05) is 22.1 Å². The Balaban J connectivity index is 2.67. The molecule has 0 radical (unpaired) electrons. The first-order valence-electron chi connectivity index (χ1n) is 6.73. The summed E-state index contributed by atoms with van der Waals surface area (Å²) in [5.41, 5.74) is 5.21. The maximum absolute atomic E-state index is 10.6. The summed E-state index contributed by atoms with van der Waals surface area (Å²) in [6.45, 7) is 8.49. The average molecular weight is 308 g/mol. The average Bonchev–Trinajstić information content (AvgIpc) is 2.51. The largest absolute Gasteiger partial charge is 0.507 e. The van der Waals surface area contributed by atoms with Gasteiger partial charge < -0.3 is 14.8 Å². The third kappa shape index (κ3) is 2.85. The summed E-state index contributed by atoms with van der Waals surface area (Å²) in [5.74, 6) is 1.02. The Bertz CT molecular complexity index is 595. The molecule has 1 aliphatic rings. The predicted octanol–water partition coefficient (Wildman–Crippen LogP) is 3.05. The van der Waals surface area contributed by atoms with Gasteiger partial charge in [0, 0.05) is 5.75 Å². The SMILES string of the molecule is CO/N=C(/C1=NOCCS1)c1c(C)c(C)c(C)c(C)c1O. The van der Waals surface area contributed by atoms with E-state index in [0.29, 0.717) is 22.9 Å². The predicted molar refractivity (Wildman–Crippen MR) is 86.4 cm³/mol. The van der Waals surface area contributed by atoms with Gasteiger partial charge in [-0.2, -0.15) is 0 Å². The van der Waals surface area contributed by atoms with Crippen molar-refractivity contribution in [2.24, 2.45) is 10.3 Å². The normalized spacial score (nSPS) is 15.5. The molecule has 2 rings (SSSR count). The van der Waals surface area contributed by atoms with Crippen LogP contribution in [0.5, 0.6) is 5.75 Å². The molecule has 1 aromatic carbocycles. The molecule has 0 unspecified atom stereocenters. The van der Waals surface area contributed by atoms with Gasteiger partial charge >= 0.3 is 0 Å². The van der Waals surface area contributed by atoms with Crippen molar-refractivity contribution in [3.05, 3.63) is 27.8 Å². The van der Waals surface area contributed by atoms with Crippen LogP contribution >= 0.6 is 11.8 Å². The number of phenolic OH excluding ortho intramolecular Hbond substituents is 1. The van der Waals surface area contributed by atoms with Crippen molar-refractivity contribution in [3.63, 3.8) is 0 Å². The Labute approximate surface area is 129 Å². The number of thioether (sulfide) groups is 1. The summed E-state index contributed by atoms with van der Waals surface area (Å²) in [7, 11) is 1.48. The second kappa shape index (κ2) is 6.39. The highest BCUT2D eigenvalue weighted by Crippen LogP contribution is 2.34. The third-order valence-corrected chi connectivity index (χ3v) is 4.75. The van der Waals surface area contributed by atoms with Crippen molar-refractivity contribution in [2.75, 3.05) is 19.5 Å². The molecule has 0 atom stereocenters. The number of oxime groups is 2. The highest BCUT2D eigenvalue weighted by atomic mass is 32.2. The molecular weight excluding hydrogens is 288 g/mol. The number of phenols is 1. The Morgan fingerprint density at radius 3 is 2.43 bits per heavy atom. The van der Waals surface area contributed by atoms with Gasteiger partial charge in [0.2, 0.25) is 0 Å². The van der Waals surface area contributed by atoms with Crippen molar-refractivity contribution in [1.29, 1.82) is 0 Å². The molecule has 1 aliphatic heterocycles. The third-order valence-electron chi connectivity index (χ3n) is 3.84. The first kappa shape index (κ1) is 15.7. The number of hydrogen-bond donors (Lipinski definition) is 1. The van der Waals surface area contributed by atoms with E-state index in [1.807, 2.05) is 27.7 Å². The number of nitrogens with zero attached hydrogens (tertiary/aromatic N) is 2. The van der Waals surface area contributed by atoms with Crippen LogP contribution in [0.15, 0.2) is 10.3 Å². The lowest BCUT2D eigenvalue weighted by Gasteiger charge is -2.19. The molecule has 1 heterocycles. The topological polar surface area (TPSA) is 63.4 Å². The molecule has 0 aromatic heterocycles. The molecule has 0 aliphatic carbocycles. The molecule has 0 saturated heterocycles. The Morgan fingerprint density at radius 1 is 1.19 bits per heavy atom. The molecule has 0 fully saturated rings. The monoisotopic (exact) mass is 308 g/mol. The minimum Gasteiger partial charge on any atom is -0.507 e. The van der Waals surface area contributed by atoms with Gasteiger partial charge in [0.25, 0.3) is 0 Å². The van der Waals surface area contributed by atoms with Crippen LogP contribution in [-0.4, -0.2) is 35.3 Å². The summed E-state index contributed by atoms with van der Waals surface area (Å²) in [6, 6.07) is 0. The van der Waals surface area contributed by atoms with E-state index in [1.165, 1.54) is 7.11 Å². The minimum absolute atomic E-state index is 0.222. The van der Waals surface area contributed by atoms with Crippen LogP contribution < -0.4 is 0 Å². The van der Waals surface area contributed by atoms with Gasteiger partial charge in [-0.05, 0) is 49.9 Å². The number of hydrogen-bond acceptors (Lipinski definition) is 6. The van der Waals surface area contributed by atoms with E-state index in [-0.39, 0.29) is 5.75 Å². The van der Waals surface area contributed by atoms with Crippen LogP contribution in [0.1, 0.15) is 27.8 Å². The lowest BCUT2D eigenvalue weighted by molar-refractivity contribution is 0.160. The van der Waals surface area contributed by atoms with Crippen LogP contribution in [0.25, 0.3) is 0 Å². The summed E-state index contributed by atoms with van der Waals surface area (Å²) in [5, 5.41) is 19.3. The molecule has 1 aromatic rings. The standard InChI is InChI=1S/C15H20N2O3S/c1-8-9(2)11(4)14(18)12(10(8)3)13(16-19-5)15-17-20-6-7-21-15/h18H,6-7H2,1-5H3/b16-13+. The lowest BCUT2D eigenvalue weighted by Crippen LogP contribution is -2.20. The van der Waals surface area contributed by atoms with E-state index in [9.17, 15) is 5.11 Å². The summed E-state index contributed by atoms with van der Waals surface area (Å²) < 4.78 is 0. The Morgan fingerprint density at radius 2 is 1.86 bits per heavy atom. The van der Waals surface area contributed by atoms with E-state index in [0.717, 1.165) is 28.0 Å². The summed E-state index contributed by atoms with van der Waals surface area (Å²) in [4.78, 5) is 10.1. The molecular formula is C15H20N2O3S. The highest BCUT2D eigenvalue weighted by Gasteiger charge is 2.25. The lowest BCUT2D eigenvalue weighted by atomic mass is 9.91. The molecule has 0 amide bonds.